The maximum atomic E-state index is 12.1. The lowest BCUT2D eigenvalue weighted by atomic mass is 10.2. The van der Waals surface area contributed by atoms with Crippen LogP contribution in [0.2, 0.25) is 5.15 Å². The number of nitrogens with zero attached hydrogens (tertiary/aromatic N) is 2. The number of carbonyl (C=O) groups excluding carboxylic acids is 1. The number of rotatable bonds is 5. The molecule has 126 valence electrons. The number of hydrogen-bond acceptors (Lipinski definition) is 4. The van der Waals surface area contributed by atoms with Gasteiger partial charge in [-0.25, -0.2) is 4.98 Å². The van der Waals surface area contributed by atoms with Crippen molar-refractivity contribution in [2.24, 2.45) is 0 Å². The Balaban J connectivity index is 1.48. The molecule has 6 heteroatoms. The molecule has 5 nitrogen and oxygen atoms in total. The Morgan fingerprint density at radius 3 is 2.88 bits per heavy atom. The highest BCUT2D eigenvalue weighted by molar-refractivity contribution is 6.29. The number of benzene rings is 1. The zero-order chi connectivity index (χ0) is 16.8. The molecule has 0 aliphatic carbocycles. The van der Waals surface area contributed by atoms with Crippen molar-refractivity contribution in [2.75, 3.05) is 26.2 Å². The van der Waals surface area contributed by atoms with Gasteiger partial charge >= 0.3 is 0 Å². The van der Waals surface area contributed by atoms with Gasteiger partial charge in [-0.1, -0.05) is 41.9 Å². The molecule has 1 aliphatic heterocycles. The summed E-state index contributed by atoms with van der Waals surface area (Å²) in [4.78, 5) is 18.4. The third-order valence-corrected chi connectivity index (χ3v) is 4.18. The summed E-state index contributed by atoms with van der Waals surface area (Å²) in [5.74, 6) is -0.164. The van der Waals surface area contributed by atoms with E-state index in [0.29, 0.717) is 23.9 Å². The maximum absolute atomic E-state index is 12.1. The van der Waals surface area contributed by atoms with E-state index in [0.717, 1.165) is 19.6 Å². The second kappa shape index (κ2) is 8.24. The smallest absolute Gasteiger partial charge is 0.252 e. The number of hydrogen-bond donors (Lipinski definition) is 1. The van der Waals surface area contributed by atoms with Crippen LogP contribution in [0.5, 0.6) is 0 Å². The van der Waals surface area contributed by atoms with Crippen LogP contribution in [0.25, 0.3) is 0 Å². The van der Waals surface area contributed by atoms with Crippen LogP contribution in [0, 0.1) is 0 Å². The first-order valence-electron chi connectivity index (χ1n) is 7.98. The Hall–Kier alpha value is -1.95. The van der Waals surface area contributed by atoms with Crippen LogP contribution < -0.4 is 5.32 Å². The van der Waals surface area contributed by atoms with Crippen LogP contribution in [0.1, 0.15) is 15.9 Å². The quantitative estimate of drug-likeness (QED) is 0.845. The second-order valence-corrected chi connectivity index (χ2v) is 6.18. The lowest BCUT2D eigenvalue weighted by Crippen LogP contribution is -2.47. The summed E-state index contributed by atoms with van der Waals surface area (Å²) in [7, 11) is 0. The molecule has 1 amide bonds. The fraction of sp³-hybridized carbons (Fsp3) is 0.333. The standard InChI is InChI=1S/C18H20ClN3O2/c19-17-7-6-15(10-20-17)18(23)21-11-16-13-22(8-9-24-16)12-14-4-2-1-3-5-14/h1-7,10,16H,8-9,11-13H2,(H,21,23)/t16-/m0/s1. The molecule has 0 radical (unpaired) electrons. The number of halogens is 1. The van der Waals surface area contributed by atoms with Gasteiger partial charge < -0.3 is 10.1 Å². The highest BCUT2D eigenvalue weighted by atomic mass is 35.5. The average molecular weight is 346 g/mol. The molecule has 0 spiro atoms. The molecular weight excluding hydrogens is 326 g/mol. The predicted molar refractivity (Wildman–Crippen MR) is 93.0 cm³/mol. The first-order chi connectivity index (χ1) is 11.7. The van der Waals surface area contributed by atoms with Crippen LogP contribution >= 0.6 is 11.6 Å². The molecule has 0 saturated carbocycles. The van der Waals surface area contributed by atoms with Crippen molar-refractivity contribution in [3.63, 3.8) is 0 Å². The summed E-state index contributed by atoms with van der Waals surface area (Å²) in [6, 6.07) is 13.6. The number of ether oxygens (including phenoxy) is 1. The van der Waals surface area contributed by atoms with E-state index in [4.69, 9.17) is 16.3 Å². The molecule has 1 aliphatic rings. The number of pyridine rings is 1. The molecule has 1 saturated heterocycles. The second-order valence-electron chi connectivity index (χ2n) is 5.79. The van der Waals surface area contributed by atoms with Gasteiger partial charge in [0.2, 0.25) is 0 Å². The van der Waals surface area contributed by atoms with Crippen molar-refractivity contribution >= 4 is 17.5 Å². The monoisotopic (exact) mass is 345 g/mol. The van der Waals surface area contributed by atoms with Gasteiger partial charge in [0.05, 0.1) is 18.3 Å². The van der Waals surface area contributed by atoms with Gasteiger partial charge in [0.15, 0.2) is 0 Å². The van der Waals surface area contributed by atoms with Gasteiger partial charge in [-0.3, -0.25) is 9.69 Å². The normalized spacial score (nSPS) is 18.3. The SMILES string of the molecule is O=C(NC[C@H]1CN(Cc2ccccc2)CCO1)c1ccc(Cl)nc1. The van der Waals surface area contributed by atoms with Crippen molar-refractivity contribution in [3.8, 4) is 0 Å². The van der Waals surface area contributed by atoms with E-state index < -0.39 is 0 Å². The van der Waals surface area contributed by atoms with Crippen LogP contribution in [0.4, 0.5) is 0 Å². The molecule has 3 rings (SSSR count). The third-order valence-electron chi connectivity index (χ3n) is 3.95. The van der Waals surface area contributed by atoms with Crippen LogP contribution in [0.15, 0.2) is 48.7 Å². The summed E-state index contributed by atoms with van der Waals surface area (Å²) >= 11 is 5.73. The fourth-order valence-electron chi connectivity index (χ4n) is 2.71. The van der Waals surface area contributed by atoms with Crippen LogP contribution in [-0.2, 0) is 11.3 Å². The first-order valence-corrected chi connectivity index (χ1v) is 8.36. The molecule has 0 bridgehead atoms. The summed E-state index contributed by atoms with van der Waals surface area (Å²) in [5.41, 5.74) is 1.78. The van der Waals surface area contributed by atoms with Gasteiger partial charge in [-0.15, -0.1) is 0 Å². The number of nitrogens with one attached hydrogen (secondary N) is 1. The topological polar surface area (TPSA) is 54.5 Å². The van der Waals surface area contributed by atoms with E-state index in [2.05, 4.69) is 27.3 Å². The number of morpholine rings is 1. The van der Waals surface area contributed by atoms with E-state index >= 15 is 0 Å². The van der Waals surface area contributed by atoms with Crippen molar-refractivity contribution in [3.05, 3.63) is 64.9 Å². The largest absolute Gasteiger partial charge is 0.374 e. The molecule has 1 atom stereocenters. The van der Waals surface area contributed by atoms with E-state index in [1.165, 1.54) is 11.8 Å². The van der Waals surface area contributed by atoms with Crippen molar-refractivity contribution in [1.82, 2.24) is 15.2 Å². The molecule has 0 unspecified atom stereocenters. The molecule has 1 fully saturated rings. The Kier molecular flexibility index (Phi) is 5.80. The van der Waals surface area contributed by atoms with Gasteiger partial charge in [0.25, 0.3) is 5.91 Å². The Morgan fingerprint density at radius 2 is 2.12 bits per heavy atom. The van der Waals surface area contributed by atoms with Gasteiger partial charge in [0, 0.05) is 32.4 Å². The molecule has 24 heavy (non-hydrogen) atoms. The number of aromatic nitrogens is 1. The Morgan fingerprint density at radius 1 is 1.29 bits per heavy atom. The molecule has 1 aromatic carbocycles. The van der Waals surface area contributed by atoms with Crippen molar-refractivity contribution < 1.29 is 9.53 Å². The first kappa shape index (κ1) is 16.9. The van der Waals surface area contributed by atoms with E-state index in [-0.39, 0.29) is 12.0 Å². The zero-order valence-corrected chi connectivity index (χ0v) is 14.1. The number of amides is 1. The van der Waals surface area contributed by atoms with Crippen molar-refractivity contribution in [2.45, 2.75) is 12.6 Å². The summed E-state index contributed by atoms with van der Waals surface area (Å²) in [6.45, 7) is 3.76. The number of carbonyl (C=O) groups is 1. The lowest BCUT2D eigenvalue weighted by molar-refractivity contribution is -0.0292. The molecular formula is C18H20ClN3O2. The van der Waals surface area contributed by atoms with Gasteiger partial charge in [0.1, 0.15) is 5.15 Å². The molecule has 2 heterocycles. The molecule has 2 aromatic rings. The summed E-state index contributed by atoms with van der Waals surface area (Å²) in [5, 5.41) is 3.27. The summed E-state index contributed by atoms with van der Waals surface area (Å²) < 4.78 is 5.76. The minimum absolute atomic E-state index is 0.00771. The predicted octanol–water partition coefficient (Wildman–Crippen LogP) is 2.37. The highest BCUT2D eigenvalue weighted by Crippen LogP contribution is 2.10. The minimum Gasteiger partial charge on any atom is -0.374 e. The van der Waals surface area contributed by atoms with Gasteiger partial charge in [-0.05, 0) is 17.7 Å². The van der Waals surface area contributed by atoms with E-state index in [1.807, 2.05) is 18.2 Å². The Labute approximate surface area is 146 Å². The Bertz CT molecular complexity index is 664. The fourth-order valence-corrected chi connectivity index (χ4v) is 2.82. The van der Waals surface area contributed by atoms with E-state index in [9.17, 15) is 4.79 Å². The van der Waals surface area contributed by atoms with E-state index in [1.54, 1.807) is 12.1 Å². The van der Waals surface area contributed by atoms with Gasteiger partial charge in [-0.2, -0.15) is 0 Å². The average Bonchev–Trinajstić information content (AvgIpc) is 2.61. The van der Waals surface area contributed by atoms with Crippen LogP contribution in [-0.4, -0.2) is 48.1 Å². The highest BCUT2D eigenvalue weighted by Gasteiger charge is 2.21. The third kappa shape index (κ3) is 4.77. The molecule has 1 N–H and O–H groups in total. The summed E-state index contributed by atoms with van der Waals surface area (Å²) in [6.07, 6.45) is 1.47. The zero-order valence-electron chi connectivity index (χ0n) is 13.3. The lowest BCUT2D eigenvalue weighted by Gasteiger charge is -2.33. The van der Waals surface area contributed by atoms with Crippen LogP contribution in [0.3, 0.4) is 0 Å². The van der Waals surface area contributed by atoms with Crippen molar-refractivity contribution in [1.29, 1.82) is 0 Å². The molecule has 1 aromatic heterocycles. The maximum Gasteiger partial charge on any atom is 0.252 e. The minimum atomic E-state index is -0.164.